The second-order valence-electron chi connectivity index (χ2n) is 19.7. The molecule has 0 aromatic heterocycles. The zero-order valence-corrected chi connectivity index (χ0v) is 35.6. The van der Waals surface area contributed by atoms with Crippen LogP contribution in [0.25, 0.3) is 0 Å². The van der Waals surface area contributed by atoms with Gasteiger partial charge in [0, 0.05) is 29.5 Å². The molecule has 0 saturated heterocycles. The number of para-hydroxylation sites is 1. The van der Waals surface area contributed by atoms with Crippen LogP contribution in [0.5, 0.6) is 5.75 Å². The molecular weight excluding hydrogens is 703 g/mol. The Morgan fingerprint density at radius 1 is 0.800 bits per heavy atom. The molecular formula is C49H67F2O3Si. The molecule has 4 aliphatic rings. The van der Waals surface area contributed by atoms with Crippen LogP contribution < -0.4 is 4.74 Å². The summed E-state index contributed by atoms with van der Waals surface area (Å²) in [6, 6.07) is 29.3. The van der Waals surface area contributed by atoms with Crippen molar-refractivity contribution in [2.24, 2.45) is 46.3 Å². The molecule has 3 aromatic rings. The molecule has 0 bridgehead atoms. The largest absolute Gasteiger partial charge is 0.496 e. The minimum atomic E-state index is -2.66. The van der Waals surface area contributed by atoms with Gasteiger partial charge in [-0.05, 0) is 114 Å². The zero-order chi connectivity index (χ0) is 39.2. The van der Waals surface area contributed by atoms with Crippen LogP contribution in [-0.4, -0.2) is 33.3 Å². The summed E-state index contributed by atoms with van der Waals surface area (Å²) in [5, 5.41) is 10.9. The Balaban J connectivity index is 1.04. The molecule has 7 rings (SSSR count). The fourth-order valence-electron chi connectivity index (χ4n) is 12.8. The Hall–Kier alpha value is -2.54. The molecule has 4 saturated carbocycles. The summed E-state index contributed by atoms with van der Waals surface area (Å²) in [6.07, 6.45) is 8.73. The molecule has 3 nitrogen and oxygen atoms in total. The van der Waals surface area contributed by atoms with Crippen molar-refractivity contribution in [2.45, 2.75) is 141 Å². The first-order valence-corrected chi connectivity index (χ1v) is 23.0. The monoisotopic (exact) mass is 769 g/mol. The van der Waals surface area contributed by atoms with Crippen LogP contribution in [0.2, 0.25) is 5.04 Å². The summed E-state index contributed by atoms with van der Waals surface area (Å²) in [6.45, 7) is 14.1. The third-order valence-electron chi connectivity index (χ3n) is 15.6. The molecule has 0 amide bonds. The Bertz CT molecular complexity index is 1670. The van der Waals surface area contributed by atoms with E-state index in [1.807, 2.05) is 24.3 Å². The maximum Gasteiger partial charge on any atom is 0.251 e. The van der Waals surface area contributed by atoms with Gasteiger partial charge in [0.2, 0.25) is 9.04 Å². The quantitative estimate of drug-likeness (QED) is 0.187. The van der Waals surface area contributed by atoms with Gasteiger partial charge in [0.25, 0.3) is 5.92 Å². The normalized spacial score (nSPS) is 32.7. The molecule has 1 radical (unpaired) electrons. The third-order valence-corrected chi connectivity index (χ3v) is 18.8. The number of methoxy groups -OCH3 is 1. The van der Waals surface area contributed by atoms with Crippen molar-refractivity contribution in [1.82, 2.24) is 0 Å². The fraction of sp³-hybridized carbons (Fsp3) is 0.633. The van der Waals surface area contributed by atoms with Gasteiger partial charge in [0.1, 0.15) is 5.75 Å². The highest BCUT2D eigenvalue weighted by Gasteiger charge is 2.68. The number of rotatable bonds is 12. The predicted molar refractivity (Wildman–Crippen MR) is 222 cm³/mol. The van der Waals surface area contributed by atoms with Crippen LogP contribution in [0, 0.1) is 46.3 Å². The van der Waals surface area contributed by atoms with E-state index in [0.29, 0.717) is 18.3 Å². The van der Waals surface area contributed by atoms with E-state index >= 15 is 8.78 Å². The van der Waals surface area contributed by atoms with Gasteiger partial charge in [-0.15, -0.1) is 0 Å². The first-order valence-electron chi connectivity index (χ1n) is 21.5. The van der Waals surface area contributed by atoms with Gasteiger partial charge in [-0.25, -0.2) is 8.78 Å². The van der Waals surface area contributed by atoms with E-state index in [4.69, 9.17) is 9.16 Å². The van der Waals surface area contributed by atoms with Crippen molar-refractivity contribution in [1.29, 1.82) is 0 Å². The Morgan fingerprint density at radius 2 is 1.40 bits per heavy atom. The SMILES string of the molecule is COc1ccccc1C(O)CCC[C@@H](C)[C@H]1CC[C@H]2[C@H]3[C@H](CC[C@]12C)[C@@]1(C)CC[C@H](O[Si](C(c2ccccc2)c2ccccc2)C(C)(C)C)CC1CC3(F)F. The average Bonchev–Trinajstić information content (AvgIpc) is 3.52. The summed E-state index contributed by atoms with van der Waals surface area (Å²) in [5.74, 6) is -1.43. The van der Waals surface area contributed by atoms with Gasteiger partial charge in [-0.2, -0.15) is 0 Å². The van der Waals surface area contributed by atoms with Crippen molar-refractivity contribution < 1.29 is 23.1 Å². The van der Waals surface area contributed by atoms with Crippen LogP contribution in [0.4, 0.5) is 8.78 Å². The lowest BCUT2D eigenvalue weighted by Crippen LogP contribution is -2.61. The van der Waals surface area contributed by atoms with Crippen molar-refractivity contribution in [3.05, 3.63) is 102 Å². The highest BCUT2D eigenvalue weighted by atomic mass is 28.3. The number of benzene rings is 3. The van der Waals surface area contributed by atoms with E-state index in [1.165, 1.54) is 11.1 Å². The molecule has 55 heavy (non-hydrogen) atoms. The molecule has 2 unspecified atom stereocenters. The lowest BCUT2D eigenvalue weighted by molar-refractivity contribution is -0.237. The van der Waals surface area contributed by atoms with E-state index in [1.54, 1.807) is 7.11 Å². The highest BCUT2D eigenvalue weighted by molar-refractivity contribution is 6.58. The molecule has 299 valence electrons. The summed E-state index contributed by atoms with van der Waals surface area (Å²) in [5.41, 5.74) is 3.44. The van der Waals surface area contributed by atoms with E-state index in [-0.39, 0.29) is 51.7 Å². The van der Waals surface area contributed by atoms with Crippen molar-refractivity contribution in [2.75, 3.05) is 7.11 Å². The van der Waals surface area contributed by atoms with Gasteiger partial charge in [-0.1, -0.05) is 133 Å². The molecule has 1 N–H and O–H groups in total. The molecule has 4 aliphatic carbocycles. The molecule has 6 heteroatoms. The Kier molecular flexibility index (Phi) is 11.8. The number of hydrogen-bond donors (Lipinski definition) is 1. The minimum Gasteiger partial charge on any atom is -0.496 e. The molecule has 0 aliphatic heterocycles. The zero-order valence-electron chi connectivity index (χ0n) is 34.6. The van der Waals surface area contributed by atoms with Crippen LogP contribution in [0.1, 0.15) is 141 Å². The van der Waals surface area contributed by atoms with Crippen molar-refractivity contribution in [3.8, 4) is 5.75 Å². The first-order chi connectivity index (χ1) is 26.2. The third kappa shape index (κ3) is 7.87. The first kappa shape index (κ1) is 40.6. The van der Waals surface area contributed by atoms with Crippen LogP contribution in [-0.2, 0) is 4.43 Å². The van der Waals surface area contributed by atoms with Gasteiger partial charge < -0.3 is 14.3 Å². The smallest absolute Gasteiger partial charge is 0.251 e. The molecule has 10 atom stereocenters. The van der Waals surface area contributed by atoms with E-state index in [0.717, 1.165) is 69.1 Å². The van der Waals surface area contributed by atoms with Crippen LogP contribution in [0.3, 0.4) is 0 Å². The topological polar surface area (TPSA) is 38.7 Å². The summed E-state index contributed by atoms with van der Waals surface area (Å²) < 4.78 is 46.9. The second-order valence-corrected chi connectivity index (χ2v) is 22.7. The summed E-state index contributed by atoms with van der Waals surface area (Å²) in [4.78, 5) is 0. The lowest BCUT2D eigenvalue weighted by atomic mass is 9.43. The Labute approximate surface area is 332 Å². The number of aliphatic hydroxyl groups excluding tert-OH is 1. The fourth-order valence-corrected chi connectivity index (χ4v) is 15.7. The predicted octanol–water partition coefficient (Wildman–Crippen LogP) is 13.0. The van der Waals surface area contributed by atoms with Gasteiger partial charge in [-0.3, -0.25) is 0 Å². The number of hydrogen-bond acceptors (Lipinski definition) is 3. The minimum absolute atomic E-state index is 0.0105. The highest BCUT2D eigenvalue weighted by Crippen LogP contribution is 2.71. The number of alkyl halides is 2. The van der Waals surface area contributed by atoms with Gasteiger partial charge in [0.05, 0.1) is 13.2 Å². The van der Waals surface area contributed by atoms with E-state index < -0.39 is 27.0 Å². The molecule has 0 heterocycles. The standard InChI is InChI=1S/C49H67F2O3Si/c1-33(17-16-23-42(52)38-22-14-15-24-43(38)53-7)39-25-26-40-44-41(28-30-48(39,40)6)47(5)29-27-37(31-36(47)32-49(44,50)51)54-55(46(2,3)4)45(34-18-10-8-11-19-34)35-20-12-9-13-21-35/h8-15,18-22,24,33,36-37,39-42,44-45,52H,16-17,23,25-32H2,1-7H3/t33-,36?,37+,39-,40+,41+,42?,44+,47+,48-/m1/s1. The second kappa shape index (κ2) is 16.0. The van der Waals surface area contributed by atoms with Crippen molar-refractivity contribution in [3.63, 3.8) is 0 Å². The van der Waals surface area contributed by atoms with E-state index in [9.17, 15) is 5.11 Å². The number of fused-ring (bicyclic) bond motifs is 5. The van der Waals surface area contributed by atoms with Gasteiger partial charge >= 0.3 is 0 Å². The molecule has 0 spiro atoms. The summed E-state index contributed by atoms with van der Waals surface area (Å²) >= 11 is 0. The average molecular weight is 770 g/mol. The van der Waals surface area contributed by atoms with Crippen molar-refractivity contribution >= 4 is 9.04 Å². The lowest BCUT2D eigenvalue weighted by Gasteiger charge is -2.63. The maximum absolute atomic E-state index is 17.0. The van der Waals surface area contributed by atoms with Gasteiger partial charge in [0.15, 0.2) is 0 Å². The molecule has 3 aromatic carbocycles. The Morgan fingerprint density at radius 3 is 2.04 bits per heavy atom. The van der Waals surface area contributed by atoms with E-state index in [2.05, 4.69) is 102 Å². The molecule has 4 fully saturated rings. The number of ether oxygens (including phenoxy) is 1. The van der Waals surface area contributed by atoms with Crippen LogP contribution in [0.15, 0.2) is 84.9 Å². The van der Waals surface area contributed by atoms with Crippen LogP contribution >= 0.6 is 0 Å². The summed E-state index contributed by atoms with van der Waals surface area (Å²) in [7, 11) is 0.167. The maximum atomic E-state index is 17.0. The number of aliphatic hydroxyl groups is 1. The number of halogens is 2.